The van der Waals surface area contributed by atoms with Crippen LogP contribution in [0.3, 0.4) is 0 Å². The van der Waals surface area contributed by atoms with Gasteiger partial charge < -0.3 is 9.84 Å². The summed E-state index contributed by atoms with van der Waals surface area (Å²) >= 11 is 6.26. The van der Waals surface area contributed by atoms with Crippen LogP contribution in [0.2, 0.25) is 5.02 Å². The number of carbonyl (C=O) groups is 1. The smallest absolute Gasteiger partial charge is 0.257 e. The number of nitrogens with zero attached hydrogens (tertiary/aromatic N) is 3. The second kappa shape index (κ2) is 7.56. The fourth-order valence-corrected chi connectivity index (χ4v) is 3.80. The van der Waals surface area contributed by atoms with E-state index >= 15 is 0 Å². The molecule has 1 saturated carbocycles. The third kappa shape index (κ3) is 3.62. The van der Waals surface area contributed by atoms with E-state index in [2.05, 4.69) is 15.6 Å². The van der Waals surface area contributed by atoms with Crippen molar-refractivity contribution in [3.05, 3.63) is 58.6 Å². The van der Waals surface area contributed by atoms with E-state index in [1.54, 1.807) is 13.0 Å². The van der Waals surface area contributed by atoms with Crippen LogP contribution in [0.1, 0.15) is 53.5 Å². The molecule has 4 rings (SSSR count). The molecule has 0 radical (unpaired) electrons. The average Bonchev–Trinajstić information content (AvgIpc) is 3.40. The third-order valence-corrected chi connectivity index (χ3v) is 5.34. The Bertz CT molecular complexity index is 957. The minimum absolute atomic E-state index is 0.251. The van der Waals surface area contributed by atoms with Crippen LogP contribution in [-0.4, -0.2) is 20.8 Å². The van der Waals surface area contributed by atoms with Gasteiger partial charge in [-0.3, -0.25) is 9.48 Å². The van der Waals surface area contributed by atoms with Gasteiger partial charge in [-0.1, -0.05) is 47.8 Å². The van der Waals surface area contributed by atoms with Gasteiger partial charge in [0.15, 0.2) is 0 Å². The van der Waals surface area contributed by atoms with Crippen LogP contribution in [0.5, 0.6) is 0 Å². The van der Waals surface area contributed by atoms with Crippen molar-refractivity contribution in [3.63, 3.8) is 0 Å². The first-order valence-electron chi connectivity index (χ1n) is 9.17. The zero-order chi connectivity index (χ0) is 18.8. The van der Waals surface area contributed by atoms with Crippen molar-refractivity contribution in [2.75, 3.05) is 0 Å². The molecule has 1 aliphatic rings. The first-order valence-corrected chi connectivity index (χ1v) is 9.54. The minimum Gasteiger partial charge on any atom is -0.360 e. The highest BCUT2D eigenvalue weighted by atomic mass is 35.5. The SMILES string of the molecule is Cc1onc(-c2ccccc2Cl)c1C(=O)NCc1ccn(C2CCCC2)n1. The lowest BCUT2D eigenvalue weighted by Gasteiger charge is -2.09. The number of rotatable bonds is 5. The molecule has 1 amide bonds. The Labute approximate surface area is 162 Å². The van der Waals surface area contributed by atoms with Crippen LogP contribution in [0.4, 0.5) is 0 Å². The highest BCUT2D eigenvalue weighted by Gasteiger charge is 2.23. The standard InChI is InChI=1S/C20H21ClN4O2/c1-13-18(19(24-27-13)16-8-4-5-9-17(16)21)20(26)22-12-14-10-11-25(23-14)15-6-2-3-7-15/h4-5,8-11,15H,2-3,6-7,12H2,1H3,(H,22,26). The molecular weight excluding hydrogens is 364 g/mol. The van der Waals surface area contributed by atoms with Crippen molar-refractivity contribution < 1.29 is 9.32 Å². The summed E-state index contributed by atoms with van der Waals surface area (Å²) in [6, 6.07) is 9.70. The lowest BCUT2D eigenvalue weighted by Crippen LogP contribution is -2.24. The number of aryl methyl sites for hydroxylation is 1. The summed E-state index contributed by atoms with van der Waals surface area (Å²) in [4.78, 5) is 12.8. The third-order valence-electron chi connectivity index (χ3n) is 5.01. The van der Waals surface area contributed by atoms with E-state index in [1.165, 1.54) is 25.7 Å². The Morgan fingerprint density at radius 3 is 2.85 bits per heavy atom. The molecule has 0 aliphatic heterocycles. The second-order valence-corrected chi connectivity index (χ2v) is 7.26. The van der Waals surface area contributed by atoms with Gasteiger partial charge in [0.25, 0.3) is 5.91 Å². The number of nitrogens with one attached hydrogen (secondary N) is 1. The molecule has 7 heteroatoms. The maximum atomic E-state index is 12.8. The Kier molecular flexibility index (Phi) is 4.99. The van der Waals surface area contributed by atoms with Crippen molar-refractivity contribution in [2.45, 2.75) is 45.2 Å². The van der Waals surface area contributed by atoms with E-state index in [0.29, 0.717) is 40.2 Å². The van der Waals surface area contributed by atoms with Crippen LogP contribution in [-0.2, 0) is 6.54 Å². The Hall–Kier alpha value is -2.60. The molecule has 1 fully saturated rings. The molecule has 140 valence electrons. The number of carbonyl (C=O) groups excluding carboxylic acids is 1. The zero-order valence-corrected chi connectivity index (χ0v) is 15.9. The van der Waals surface area contributed by atoms with Crippen LogP contribution in [0.25, 0.3) is 11.3 Å². The van der Waals surface area contributed by atoms with Gasteiger partial charge in [0.2, 0.25) is 0 Å². The minimum atomic E-state index is -0.251. The van der Waals surface area contributed by atoms with Gasteiger partial charge in [0, 0.05) is 11.8 Å². The van der Waals surface area contributed by atoms with E-state index in [-0.39, 0.29) is 5.91 Å². The van der Waals surface area contributed by atoms with Gasteiger partial charge in [-0.15, -0.1) is 0 Å². The summed E-state index contributed by atoms with van der Waals surface area (Å²) in [7, 11) is 0. The van der Waals surface area contributed by atoms with E-state index in [4.69, 9.17) is 16.1 Å². The highest BCUT2D eigenvalue weighted by Crippen LogP contribution is 2.31. The molecule has 0 unspecified atom stereocenters. The van der Waals surface area contributed by atoms with Gasteiger partial charge >= 0.3 is 0 Å². The molecule has 27 heavy (non-hydrogen) atoms. The number of aromatic nitrogens is 3. The predicted molar refractivity (Wildman–Crippen MR) is 103 cm³/mol. The van der Waals surface area contributed by atoms with Gasteiger partial charge in [-0.05, 0) is 31.9 Å². The van der Waals surface area contributed by atoms with Gasteiger partial charge in [-0.2, -0.15) is 5.10 Å². The summed E-state index contributed by atoms with van der Waals surface area (Å²) in [5, 5.41) is 12.1. The summed E-state index contributed by atoms with van der Waals surface area (Å²) < 4.78 is 7.28. The fraction of sp³-hybridized carbons (Fsp3) is 0.350. The Morgan fingerprint density at radius 1 is 1.30 bits per heavy atom. The first-order chi connectivity index (χ1) is 13.1. The van der Waals surface area contributed by atoms with Crippen LogP contribution in [0.15, 0.2) is 41.1 Å². The van der Waals surface area contributed by atoms with Crippen LogP contribution >= 0.6 is 11.6 Å². The van der Waals surface area contributed by atoms with Gasteiger partial charge in [-0.25, -0.2) is 0 Å². The number of hydrogen-bond acceptors (Lipinski definition) is 4. The van der Waals surface area contributed by atoms with Crippen molar-refractivity contribution >= 4 is 17.5 Å². The summed E-state index contributed by atoms with van der Waals surface area (Å²) in [6.07, 6.45) is 6.86. The normalized spacial score (nSPS) is 14.6. The molecule has 2 aromatic heterocycles. The quantitative estimate of drug-likeness (QED) is 0.700. The molecule has 6 nitrogen and oxygen atoms in total. The van der Waals surface area contributed by atoms with Crippen molar-refractivity contribution in [2.24, 2.45) is 0 Å². The number of benzene rings is 1. The molecule has 0 bridgehead atoms. The molecule has 0 saturated heterocycles. The molecule has 1 N–H and O–H groups in total. The molecule has 2 heterocycles. The number of amides is 1. The maximum absolute atomic E-state index is 12.8. The summed E-state index contributed by atoms with van der Waals surface area (Å²) in [5.74, 6) is 0.206. The summed E-state index contributed by atoms with van der Waals surface area (Å²) in [6.45, 7) is 2.07. The number of hydrogen-bond donors (Lipinski definition) is 1. The predicted octanol–water partition coefficient (Wildman–Crippen LogP) is 4.55. The van der Waals surface area contributed by atoms with E-state index < -0.39 is 0 Å². The fourth-order valence-electron chi connectivity index (χ4n) is 3.58. The molecule has 0 spiro atoms. The Morgan fingerprint density at radius 2 is 2.07 bits per heavy atom. The van der Waals surface area contributed by atoms with Crippen molar-refractivity contribution in [1.29, 1.82) is 0 Å². The molecular formula is C20H21ClN4O2. The van der Waals surface area contributed by atoms with Crippen LogP contribution in [0, 0.1) is 6.92 Å². The van der Waals surface area contributed by atoms with Gasteiger partial charge in [0.05, 0.1) is 23.3 Å². The van der Waals surface area contributed by atoms with Crippen molar-refractivity contribution in [3.8, 4) is 11.3 Å². The first kappa shape index (κ1) is 17.8. The zero-order valence-electron chi connectivity index (χ0n) is 15.1. The number of halogens is 1. The molecule has 3 aromatic rings. The van der Waals surface area contributed by atoms with Crippen LogP contribution < -0.4 is 5.32 Å². The highest BCUT2D eigenvalue weighted by molar-refractivity contribution is 6.33. The van der Waals surface area contributed by atoms with E-state index in [9.17, 15) is 4.79 Å². The van der Waals surface area contributed by atoms with E-state index in [0.717, 1.165) is 5.69 Å². The van der Waals surface area contributed by atoms with E-state index in [1.807, 2.05) is 35.1 Å². The average molecular weight is 385 g/mol. The largest absolute Gasteiger partial charge is 0.360 e. The maximum Gasteiger partial charge on any atom is 0.257 e. The molecule has 1 aliphatic carbocycles. The topological polar surface area (TPSA) is 73.0 Å². The summed E-state index contributed by atoms with van der Waals surface area (Å²) in [5.41, 5.74) is 2.36. The Balaban J connectivity index is 1.49. The monoisotopic (exact) mass is 384 g/mol. The van der Waals surface area contributed by atoms with Gasteiger partial charge in [0.1, 0.15) is 17.0 Å². The molecule has 0 atom stereocenters. The lowest BCUT2D eigenvalue weighted by atomic mass is 10.1. The van der Waals surface area contributed by atoms with Crippen molar-refractivity contribution in [1.82, 2.24) is 20.3 Å². The second-order valence-electron chi connectivity index (χ2n) is 6.85. The lowest BCUT2D eigenvalue weighted by molar-refractivity contribution is 0.0949. The molecule has 1 aromatic carbocycles.